The molecular weight excluding hydrogens is 316 g/mol. The molecule has 1 heterocycles. The SMILES string of the molecule is COc1ccccc1NCC(=O)NNC(=S)NC[C@@H]1CCCO1. The lowest BCUT2D eigenvalue weighted by molar-refractivity contribution is -0.119. The van der Waals surface area contributed by atoms with Gasteiger partial charge in [-0.3, -0.25) is 15.6 Å². The van der Waals surface area contributed by atoms with Crippen molar-refractivity contribution in [3.8, 4) is 5.75 Å². The van der Waals surface area contributed by atoms with Gasteiger partial charge in [-0.25, -0.2) is 0 Å². The number of benzene rings is 1. The number of thiocarbonyl (C=S) groups is 1. The van der Waals surface area contributed by atoms with E-state index in [4.69, 9.17) is 21.7 Å². The Morgan fingerprint density at radius 2 is 2.22 bits per heavy atom. The summed E-state index contributed by atoms with van der Waals surface area (Å²) in [4.78, 5) is 11.8. The Morgan fingerprint density at radius 1 is 1.39 bits per heavy atom. The van der Waals surface area contributed by atoms with E-state index >= 15 is 0 Å². The maximum atomic E-state index is 11.8. The monoisotopic (exact) mass is 338 g/mol. The predicted octanol–water partition coefficient (Wildman–Crippen LogP) is 0.781. The zero-order chi connectivity index (χ0) is 16.5. The van der Waals surface area contributed by atoms with Crippen LogP contribution in [0.25, 0.3) is 0 Å². The minimum Gasteiger partial charge on any atom is -0.495 e. The first-order valence-corrected chi connectivity index (χ1v) is 7.91. The predicted molar refractivity (Wildman–Crippen MR) is 92.3 cm³/mol. The summed E-state index contributed by atoms with van der Waals surface area (Å²) in [5, 5.41) is 6.38. The van der Waals surface area contributed by atoms with Crippen LogP contribution in [-0.4, -0.2) is 43.9 Å². The first-order chi connectivity index (χ1) is 11.2. The van der Waals surface area contributed by atoms with Crippen LogP contribution in [0.15, 0.2) is 24.3 Å². The lowest BCUT2D eigenvalue weighted by atomic mass is 10.2. The number of hydrogen-bond donors (Lipinski definition) is 4. The Kier molecular flexibility index (Phi) is 6.89. The van der Waals surface area contributed by atoms with Gasteiger partial charge >= 0.3 is 0 Å². The smallest absolute Gasteiger partial charge is 0.257 e. The quantitative estimate of drug-likeness (QED) is 0.451. The van der Waals surface area contributed by atoms with E-state index in [1.54, 1.807) is 7.11 Å². The van der Waals surface area contributed by atoms with Gasteiger partial charge in [0.15, 0.2) is 5.11 Å². The number of hydrogen-bond acceptors (Lipinski definition) is 5. The third-order valence-electron chi connectivity index (χ3n) is 3.38. The Morgan fingerprint density at radius 3 is 2.96 bits per heavy atom. The Labute approximate surface area is 141 Å². The van der Waals surface area contributed by atoms with Gasteiger partial charge in [0, 0.05) is 13.2 Å². The number of amides is 1. The summed E-state index contributed by atoms with van der Waals surface area (Å²) in [6.45, 7) is 1.54. The molecule has 4 N–H and O–H groups in total. The molecule has 1 atom stereocenters. The molecule has 0 aliphatic carbocycles. The van der Waals surface area contributed by atoms with E-state index in [9.17, 15) is 4.79 Å². The summed E-state index contributed by atoms with van der Waals surface area (Å²) in [7, 11) is 1.58. The van der Waals surface area contributed by atoms with Gasteiger partial charge in [-0.2, -0.15) is 0 Å². The van der Waals surface area contributed by atoms with Gasteiger partial charge in [-0.1, -0.05) is 12.1 Å². The van der Waals surface area contributed by atoms with Gasteiger partial charge in [0.1, 0.15) is 5.75 Å². The number of hydrazine groups is 1. The van der Waals surface area contributed by atoms with E-state index in [-0.39, 0.29) is 18.6 Å². The maximum Gasteiger partial charge on any atom is 0.257 e. The summed E-state index contributed by atoms with van der Waals surface area (Å²) < 4.78 is 10.7. The van der Waals surface area contributed by atoms with Gasteiger partial charge in [0.05, 0.1) is 25.4 Å². The molecule has 1 aromatic carbocycles. The second-order valence-electron chi connectivity index (χ2n) is 5.07. The van der Waals surface area contributed by atoms with E-state index < -0.39 is 0 Å². The summed E-state index contributed by atoms with van der Waals surface area (Å²) in [6, 6.07) is 7.39. The molecule has 0 radical (unpaired) electrons. The average Bonchev–Trinajstić information content (AvgIpc) is 3.10. The van der Waals surface area contributed by atoms with Crippen molar-refractivity contribution in [1.29, 1.82) is 0 Å². The van der Waals surface area contributed by atoms with Crippen LogP contribution in [0.2, 0.25) is 0 Å². The van der Waals surface area contributed by atoms with Crippen molar-refractivity contribution in [2.45, 2.75) is 18.9 Å². The van der Waals surface area contributed by atoms with E-state index in [0.29, 0.717) is 17.4 Å². The van der Waals surface area contributed by atoms with Crippen LogP contribution in [0.1, 0.15) is 12.8 Å². The molecule has 0 saturated carbocycles. The van der Waals surface area contributed by atoms with Crippen LogP contribution in [0, 0.1) is 0 Å². The highest BCUT2D eigenvalue weighted by Crippen LogP contribution is 2.22. The van der Waals surface area contributed by atoms with Crippen molar-refractivity contribution in [1.82, 2.24) is 16.2 Å². The number of para-hydroxylation sites is 2. The fourth-order valence-electron chi connectivity index (χ4n) is 2.19. The molecule has 23 heavy (non-hydrogen) atoms. The molecule has 8 heteroatoms. The number of nitrogens with one attached hydrogen (secondary N) is 4. The minimum atomic E-state index is -0.239. The highest BCUT2D eigenvalue weighted by molar-refractivity contribution is 7.80. The third kappa shape index (κ3) is 5.91. The number of anilines is 1. The number of carbonyl (C=O) groups excluding carboxylic acids is 1. The average molecular weight is 338 g/mol. The third-order valence-corrected chi connectivity index (χ3v) is 3.62. The van der Waals surface area contributed by atoms with E-state index in [0.717, 1.165) is 25.1 Å². The molecular formula is C15H22N4O3S. The molecule has 1 fully saturated rings. The van der Waals surface area contributed by atoms with Gasteiger partial charge in [-0.05, 0) is 37.2 Å². The Hall–Kier alpha value is -2.06. The normalized spacial score (nSPS) is 16.5. The van der Waals surface area contributed by atoms with Crippen LogP contribution < -0.4 is 26.2 Å². The van der Waals surface area contributed by atoms with E-state index in [2.05, 4.69) is 21.5 Å². The molecule has 1 amide bonds. The van der Waals surface area contributed by atoms with Gasteiger partial charge in [0.25, 0.3) is 5.91 Å². The summed E-state index contributed by atoms with van der Waals surface area (Å²) >= 11 is 5.09. The first kappa shape index (κ1) is 17.3. The molecule has 0 aromatic heterocycles. The molecule has 0 unspecified atom stereocenters. The van der Waals surface area contributed by atoms with E-state index in [1.807, 2.05) is 24.3 Å². The lowest BCUT2D eigenvalue weighted by Crippen LogP contribution is -2.49. The minimum absolute atomic E-state index is 0.0989. The zero-order valence-electron chi connectivity index (χ0n) is 13.1. The van der Waals surface area contributed by atoms with Crippen LogP contribution in [0.3, 0.4) is 0 Å². The summed E-state index contributed by atoms with van der Waals surface area (Å²) in [6.07, 6.45) is 2.31. The van der Waals surface area contributed by atoms with Crippen molar-refractivity contribution in [2.24, 2.45) is 0 Å². The van der Waals surface area contributed by atoms with Crippen molar-refractivity contribution in [3.63, 3.8) is 0 Å². The van der Waals surface area contributed by atoms with Crippen LogP contribution in [-0.2, 0) is 9.53 Å². The van der Waals surface area contributed by atoms with Crippen LogP contribution >= 0.6 is 12.2 Å². The number of rotatable bonds is 6. The zero-order valence-corrected chi connectivity index (χ0v) is 13.9. The standard InChI is InChI=1S/C15H22N4O3S/c1-21-13-7-3-2-6-12(13)16-10-14(20)18-19-15(23)17-9-11-5-4-8-22-11/h2-3,6-7,11,16H,4-5,8-10H2,1H3,(H,18,20)(H2,17,19,23)/t11-/m0/s1. The van der Waals surface area contributed by atoms with Crippen molar-refractivity contribution in [3.05, 3.63) is 24.3 Å². The number of methoxy groups -OCH3 is 1. The summed E-state index contributed by atoms with van der Waals surface area (Å²) in [5.41, 5.74) is 5.95. The van der Waals surface area contributed by atoms with E-state index in [1.165, 1.54) is 0 Å². The molecule has 7 nitrogen and oxygen atoms in total. The second kappa shape index (κ2) is 9.16. The molecule has 2 rings (SSSR count). The maximum absolute atomic E-state index is 11.8. The van der Waals surface area contributed by atoms with Gasteiger partial charge < -0.3 is 20.1 Å². The Balaban J connectivity index is 1.63. The molecule has 0 bridgehead atoms. The van der Waals surface area contributed by atoms with Gasteiger partial charge in [-0.15, -0.1) is 0 Å². The van der Waals surface area contributed by atoms with Crippen LogP contribution in [0.4, 0.5) is 5.69 Å². The fourth-order valence-corrected chi connectivity index (χ4v) is 2.33. The first-order valence-electron chi connectivity index (χ1n) is 7.50. The largest absolute Gasteiger partial charge is 0.495 e. The van der Waals surface area contributed by atoms with Crippen molar-refractivity contribution >= 4 is 28.9 Å². The number of ether oxygens (including phenoxy) is 2. The molecule has 1 saturated heterocycles. The summed E-state index contributed by atoms with van der Waals surface area (Å²) in [5.74, 6) is 0.444. The second-order valence-corrected chi connectivity index (χ2v) is 5.48. The fraction of sp³-hybridized carbons (Fsp3) is 0.467. The van der Waals surface area contributed by atoms with Crippen molar-refractivity contribution < 1.29 is 14.3 Å². The molecule has 126 valence electrons. The van der Waals surface area contributed by atoms with Crippen LogP contribution in [0.5, 0.6) is 5.75 Å². The number of carbonyl (C=O) groups is 1. The molecule has 1 aromatic rings. The van der Waals surface area contributed by atoms with Crippen molar-refractivity contribution in [2.75, 3.05) is 32.1 Å². The molecule has 1 aliphatic heterocycles. The highest BCUT2D eigenvalue weighted by atomic mass is 32.1. The molecule has 0 spiro atoms. The van der Waals surface area contributed by atoms with Gasteiger partial charge in [0.2, 0.25) is 0 Å². The topological polar surface area (TPSA) is 83.7 Å². The lowest BCUT2D eigenvalue weighted by Gasteiger charge is -2.15. The Bertz CT molecular complexity index is 535. The highest BCUT2D eigenvalue weighted by Gasteiger charge is 2.15. The molecule has 1 aliphatic rings.